The molecule has 1 aromatic heterocycles. The Hall–Kier alpha value is -3.01. The van der Waals surface area contributed by atoms with E-state index in [4.69, 9.17) is 5.73 Å². The van der Waals surface area contributed by atoms with Gasteiger partial charge < -0.3 is 16.4 Å². The van der Waals surface area contributed by atoms with Crippen LogP contribution in [0.3, 0.4) is 0 Å². The Morgan fingerprint density at radius 2 is 1.68 bits per heavy atom. The first-order chi connectivity index (χ1) is 17.9. The van der Waals surface area contributed by atoms with Gasteiger partial charge >= 0.3 is 0 Å². The number of carbonyl (C=O) groups excluding carboxylic acids is 3. The minimum Gasteiger partial charge on any atom is -0.395 e. The molecule has 3 amide bonds. The third-order valence-electron chi connectivity index (χ3n) is 7.34. The fraction of sp³-hybridized carbons (Fsp3) is 0.556. The average molecular weight is 530 g/mol. The molecule has 1 atom stereocenters. The summed E-state index contributed by atoms with van der Waals surface area (Å²) in [5, 5.41) is 6.07. The van der Waals surface area contributed by atoms with Gasteiger partial charge in [0.25, 0.3) is 11.8 Å². The molecule has 1 aromatic carbocycles. The zero-order valence-corrected chi connectivity index (χ0v) is 22.1. The minimum absolute atomic E-state index is 0.0119. The van der Waals surface area contributed by atoms with Crippen LogP contribution in [-0.4, -0.2) is 40.2 Å². The fourth-order valence-corrected chi connectivity index (χ4v) is 6.05. The molecule has 2 aliphatic rings. The monoisotopic (exact) mass is 529 g/mol. The van der Waals surface area contributed by atoms with E-state index in [1.54, 1.807) is 6.07 Å². The van der Waals surface area contributed by atoms with Crippen LogP contribution in [0.25, 0.3) is 0 Å². The van der Waals surface area contributed by atoms with Gasteiger partial charge in [-0.3, -0.25) is 19.3 Å². The second-order valence-corrected chi connectivity index (χ2v) is 10.8. The first-order valence-electron chi connectivity index (χ1n) is 13.3. The number of aromatic nitrogens is 1. The summed E-state index contributed by atoms with van der Waals surface area (Å²) in [5.41, 5.74) is 6.53. The van der Waals surface area contributed by atoms with Crippen molar-refractivity contribution in [3.05, 3.63) is 40.7 Å². The summed E-state index contributed by atoms with van der Waals surface area (Å²) in [6, 6.07) is 4.84. The van der Waals surface area contributed by atoms with Crippen molar-refractivity contribution in [3.8, 4) is 0 Å². The molecule has 0 aliphatic heterocycles. The molecule has 8 nitrogen and oxygen atoms in total. The SMILES string of the molecule is CC[C@H](C(=O)NC1CCCCC1)N(C(=O)c1snc(C(=O)NC2CCCCC2)c1N)c1cccc(F)c1. The molecule has 0 spiro atoms. The van der Waals surface area contributed by atoms with Crippen LogP contribution >= 0.6 is 11.5 Å². The number of nitrogens with one attached hydrogen (secondary N) is 2. The number of benzene rings is 1. The van der Waals surface area contributed by atoms with Crippen molar-refractivity contribution in [2.45, 2.75) is 95.7 Å². The molecule has 1 heterocycles. The van der Waals surface area contributed by atoms with E-state index in [2.05, 4.69) is 15.0 Å². The summed E-state index contributed by atoms with van der Waals surface area (Å²) in [6.45, 7) is 1.81. The highest BCUT2D eigenvalue weighted by Gasteiger charge is 2.35. The van der Waals surface area contributed by atoms with Crippen molar-refractivity contribution in [2.75, 3.05) is 10.6 Å². The molecular weight excluding hydrogens is 493 g/mol. The van der Waals surface area contributed by atoms with Crippen LogP contribution in [0.5, 0.6) is 0 Å². The second kappa shape index (κ2) is 12.5. The summed E-state index contributed by atoms with van der Waals surface area (Å²) >= 11 is 0.825. The van der Waals surface area contributed by atoms with E-state index in [-0.39, 0.29) is 39.9 Å². The summed E-state index contributed by atoms with van der Waals surface area (Å²) in [5.74, 6) is -1.80. The Morgan fingerprint density at radius 3 is 2.27 bits per heavy atom. The van der Waals surface area contributed by atoms with Gasteiger partial charge in [0.15, 0.2) is 5.69 Å². The first-order valence-corrected chi connectivity index (χ1v) is 14.1. The van der Waals surface area contributed by atoms with Gasteiger partial charge in [-0.25, -0.2) is 4.39 Å². The van der Waals surface area contributed by atoms with Crippen LogP contribution in [0, 0.1) is 5.82 Å². The zero-order valence-electron chi connectivity index (χ0n) is 21.3. The second-order valence-electron chi connectivity index (χ2n) is 10.0. The third kappa shape index (κ3) is 6.47. The van der Waals surface area contributed by atoms with Crippen molar-refractivity contribution in [1.29, 1.82) is 0 Å². The van der Waals surface area contributed by atoms with E-state index in [1.165, 1.54) is 23.1 Å². The smallest absolute Gasteiger partial charge is 0.273 e. The van der Waals surface area contributed by atoms with Crippen molar-refractivity contribution in [2.24, 2.45) is 0 Å². The van der Waals surface area contributed by atoms with E-state index in [9.17, 15) is 18.8 Å². The van der Waals surface area contributed by atoms with Gasteiger partial charge in [-0.15, -0.1) is 0 Å². The number of nitrogens with zero attached hydrogens (tertiary/aromatic N) is 2. The lowest BCUT2D eigenvalue weighted by Gasteiger charge is -2.32. The maximum absolute atomic E-state index is 14.2. The zero-order chi connectivity index (χ0) is 26.4. The number of halogens is 1. The van der Waals surface area contributed by atoms with Crippen molar-refractivity contribution in [3.63, 3.8) is 0 Å². The number of hydrogen-bond donors (Lipinski definition) is 3. The Balaban J connectivity index is 1.60. The molecule has 0 bridgehead atoms. The number of hydrogen-bond acceptors (Lipinski definition) is 6. The maximum Gasteiger partial charge on any atom is 0.273 e. The molecule has 4 N–H and O–H groups in total. The number of nitrogen functional groups attached to an aromatic ring is 1. The lowest BCUT2D eigenvalue weighted by atomic mass is 9.95. The molecule has 0 saturated heterocycles. The van der Waals surface area contributed by atoms with Gasteiger partial charge in [0.2, 0.25) is 5.91 Å². The molecule has 4 rings (SSSR count). The highest BCUT2D eigenvalue weighted by Crippen LogP contribution is 2.30. The minimum atomic E-state index is -0.878. The summed E-state index contributed by atoms with van der Waals surface area (Å²) < 4.78 is 18.4. The quantitative estimate of drug-likeness (QED) is 0.454. The number of anilines is 2. The van der Waals surface area contributed by atoms with Gasteiger partial charge in [0.1, 0.15) is 16.7 Å². The fourth-order valence-electron chi connectivity index (χ4n) is 5.32. The predicted octanol–water partition coefficient (Wildman–Crippen LogP) is 4.80. The van der Waals surface area contributed by atoms with Crippen molar-refractivity contribution in [1.82, 2.24) is 15.0 Å². The van der Waals surface area contributed by atoms with Crippen LogP contribution < -0.4 is 21.3 Å². The Bertz CT molecular complexity index is 1110. The van der Waals surface area contributed by atoms with Crippen molar-refractivity contribution >= 4 is 40.6 Å². The van der Waals surface area contributed by atoms with E-state index in [0.717, 1.165) is 75.7 Å². The lowest BCUT2D eigenvalue weighted by Crippen LogP contribution is -2.52. The number of amides is 3. The summed E-state index contributed by atoms with van der Waals surface area (Å²) in [6.07, 6.45) is 10.5. The van der Waals surface area contributed by atoms with Gasteiger partial charge in [0, 0.05) is 17.8 Å². The van der Waals surface area contributed by atoms with Crippen LogP contribution in [0.1, 0.15) is 97.7 Å². The van der Waals surface area contributed by atoms with E-state index in [1.807, 2.05) is 6.92 Å². The molecule has 37 heavy (non-hydrogen) atoms. The van der Waals surface area contributed by atoms with Crippen LogP contribution in [0.4, 0.5) is 15.8 Å². The number of carbonyl (C=O) groups is 3. The van der Waals surface area contributed by atoms with Crippen LogP contribution in [0.15, 0.2) is 24.3 Å². The van der Waals surface area contributed by atoms with Gasteiger partial charge in [-0.1, -0.05) is 51.5 Å². The van der Waals surface area contributed by atoms with E-state index >= 15 is 0 Å². The molecule has 2 aromatic rings. The maximum atomic E-state index is 14.2. The van der Waals surface area contributed by atoms with Crippen LogP contribution in [-0.2, 0) is 4.79 Å². The van der Waals surface area contributed by atoms with E-state index in [0.29, 0.717) is 6.42 Å². The van der Waals surface area contributed by atoms with Gasteiger partial charge in [0.05, 0.1) is 5.69 Å². The molecule has 10 heteroatoms. The molecule has 2 saturated carbocycles. The third-order valence-corrected chi connectivity index (χ3v) is 8.19. The standard InChI is InChI=1S/C27H36FN5O3S/c1-2-21(25(34)30-18-11-5-3-6-12-18)33(20-15-9-10-17(28)16-20)27(36)24-22(29)23(32-37-24)26(35)31-19-13-7-4-8-14-19/h9-10,15-16,18-19,21H,2-8,11-14,29H2,1H3,(H,30,34)(H,31,35)/t21-/m1/s1. The van der Waals surface area contributed by atoms with Crippen molar-refractivity contribution < 1.29 is 18.8 Å². The Kier molecular flexibility index (Phi) is 9.13. The first kappa shape index (κ1) is 27.0. The molecule has 200 valence electrons. The van der Waals surface area contributed by atoms with Gasteiger partial charge in [-0.2, -0.15) is 4.37 Å². The molecule has 0 unspecified atom stereocenters. The van der Waals surface area contributed by atoms with Crippen LogP contribution in [0.2, 0.25) is 0 Å². The molecular formula is C27H36FN5O3S. The topological polar surface area (TPSA) is 117 Å². The highest BCUT2D eigenvalue weighted by molar-refractivity contribution is 7.09. The lowest BCUT2D eigenvalue weighted by molar-refractivity contribution is -0.123. The molecule has 0 radical (unpaired) electrons. The Labute approximate surface area is 221 Å². The molecule has 2 fully saturated rings. The number of rotatable bonds is 8. The summed E-state index contributed by atoms with van der Waals surface area (Å²) in [4.78, 5) is 41.5. The summed E-state index contributed by atoms with van der Waals surface area (Å²) in [7, 11) is 0. The normalized spacial score (nSPS) is 17.7. The van der Waals surface area contributed by atoms with Gasteiger partial charge in [-0.05, 0) is 61.8 Å². The average Bonchev–Trinajstić information content (AvgIpc) is 3.29. The highest BCUT2D eigenvalue weighted by atomic mass is 32.1. The largest absolute Gasteiger partial charge is 0.395 e. The predicted molar refractivity (Wildman–Crippen MR) is 143 cm³/mol. The molecule has 2 aliphatic carbocycles. The van der Waals surface area contributed by atoms with E-state index < -0.39 is 23.7 Å². The number of nitrogens with two attached hydrogens (primary N) is 1. The Morgan fingerprint density at radius 1 is 1.05 bits per heavy atom.